The van der Waals surface area contributed by atoms with Crippen molar-refractivity contribution in [1.82, 2.24) is 20.5 Å². The Morgan fingerprint density at radius 3 is 2.43 bits per heavy atom. The van der Waals surface area contributed by atoms with Gasteiger partial charge in [0.05, 0.1) is 22.5 Å². The Labute approximate surface area is 213 Å². The Morgan fingerprint density at radius 2 is 1.91 bits per heavy atom. The maximum Gasteiger partial charge on any atom is 0.243 e. The standard InChI is InChI=1S/C27H40N4O3S/c1-9-18(11-12-19(10-2)22-15-28-17-35-22)14-29-24(33)21-13-20(32)16-31(21)25(34)23(26(3,4)5)30-27(6,7)8/h9-12,15,17,20-21,23,30,32H,1-2,13-14,16H2,3-8H3,(H,29,33)/b18-11+,19-12+/t20-,21+,23-/m0/s1. The minimum Gasteiger partial charge on any atom is -0.391 e. The molecule has 0 saturated carbocycles. The molecule has 7 nitrogen and oxygen atoms in total. The van der Waals surface area contributed by atoms with Crippen molar-refractivity contribution < 1.29 is 14.7 Å². The van der Waals surface area contributed by atoms with E-state index in [1.165, 1.54) is 16.2 Å². The third-order valence-electron chi connectivity index (χ3n) is 5.70. The first-order chi connectivity index (χ1) is 16.3. The Kier molecular flexibility index (Phi) is 9.77. The molecule has 0 unspecified atom stereocenters. The van der Waals surface area contributed by atoms with Gasteiger partial charge in [0, 0.05) is 31.2 Å². The van der Waals surface area contributed by atoms with Crippen LogP contribution in [-0.2, 0) is 9.59 Å². The van der Waals surface area contributed by atoms with Gasteiger partial charge in [-0.25, -0.2) is 0 Å². The normalized spacial score (nSPS) is 20.5. The zero-order valence-corrected chi connectivity index (χ0v) is 22.6. The fourth-order valence-corrected chi connectivity index (χ4v) is 4.51. The molecule has 1 aliphatic heterocycles. The van der Waals surface area contributed by atoms with E-state index in [2.05, 4.69) is 28.8 Å². The summed E-state index contributed by atoms with van der Waals surface area (Å²) in [6, 6.07) is -1.23. The summed E-state index contributed by atoms with van der Waals surface area (Å²) in [4.78, 5) is 33.3. The quantitative estimate of drug-likeness (QED) is 0.450. The highest BCUT2D eigenvalue weighted by atomic mass is 32.1. The highest BCUT2D eigenvalue weighted by Crippen LogP contribution is 2.27. The third-order valence-corrected chi connectivity index (χ3v) is 6.52. The van der Waals surface area contributed by atoms with Gasteiger partial charge < -0.3 is 20.6 Å². The van der Waals surface area contributed by atoms with Gasteiger partial charge in [0.2, 0.25) is 11.8 Å². The number of carbonyl (C=O) groups excluding carboxylic acids is 2. The molecular weight excluding hydrogens is 460 g/mol. The molecule has 1 aliphatic rings. The highest BCUT2D eigenvalue weighted by molar-refractivity contribution is 7.10. The second kappa shape index (κ2) is 11.9. The number of carbonyl (C=O) groups is 2. The topological polar surface area (TPSA) is 94.6 Å². The summed E-state index contributed by atoms with van der Waals surface area (Å²) in [6.07, 6.45) is 8.46. The molecule has 1 fully saturated rings. The monoisotopic (exact) mass is 500 g/mol. The van der Waals surface area contributed by atoms with Crippen LogP contribution < -0.4 is 10.6 Å². The van der Waals surface area contributed by atoms with Gasteiger partial charge in [0.15, 0.2) is 0 Å². The van der Waals surface area contributed by atoms with E-state index in [0.717, 1.165) is 16.0 Å². The largest absolute Gasteiger partial charge is 0.391 e. The van der Waals surface area contributed by atoms with Crippen molar-refractivity contribution in [2.75, 3.05) is 13.1 Å². The maximum atomic E-state index is 13.6. The maximum absolute atomic E-state index is 13.6. The van der Waals surface area contributed by atoms with Gasteiger partial charge in [-0.3, -0.25) is 14.6 Å². The van der Waals surface area contributed by atoms with Gasteiger partial charge >= 0.3 is 0 Å². The van der Waals surface area contributed by atoms with E-state index in [-0.39, 0.29) is 42.3 Å². The molecule has 0 spiro atoms. The molecule has 8 heteroatoms. The van der Waals surface area contributed by atoms with Crippen LogP contribution >= 0.6 is 11.3 Å². The predicted molar refractivity (Wildman–Crippen MR) is 144 cm³/mol. The van der Waals surface area contributed by atoms with Crippen molar-refractivity contribution >= 4 is 28.7 Å². The number of β-amino-alcohol motifs (C(OH)–C–C–N with tert-alkyl or cyclic N) is 1. The van der Waals surface area contributed by atoms with Crippen LogP contribution in [0.15, 0.2) is 54.7 Å². The Bertz CT molecular complexity index is 968. The molecule has 2 amide bonds. The number of aromatic nitrogens is 1. The zero-order valence-electron chi connectivity index (χ0n) is 21.8. The molecule has 3 atom stereocenters. The number of allylic oxidation sites excluding steroid dienone is 4. The summed E-state index contributed by atoms with van der Waals surface area (Å²) in [7, 11) is 0. The molecule has 2 heterocycles. The van der Waals surface area contributed by atoms with Crippen LogP contribution in [0.1, 0.15) is 52.8 Å². The number of aliphatic hydroxyl groups is 1. The lowest BCUT2D eigenvalue weighted by atomic mass is 9.84. The van der Waals surface area contributed by atoms with Crippen LogP contribution in [0.25, 0.3) is 5.57 Å². The molecule has 0 aliphatic carbocycles. The fourth-order valence-electron chi connectivity index (χ4n) is 3.87. The van der Waals surface area contributed by atoms with Crippen LogP contribution in [0.2, 0.25) is 0 Å². The average molecular weight is 501 g/mol. The number of hydrogen-bond donors (Lipinski definition) is 3. The van der Waals surface area contributed by atoms with E-state index in [0.29, 0.717) is 0 Å². The van der Waals surface area contributed by atoms with Crippen molar-refractivity contribution in [2.45, 2.75) is 71.7 Å². The van der Waals surface area contributed by atoms with Gasteiger partial charge in [0.25, 0.3) is 0 Å². The lowest BCUT2D eigenvalue weighted by molar-refractivity contribution is -0.142. The van der Waals surface area contributed by atoms with E-state index < -0.39 is 18.2 Å². The van der Waals surface area contributed by atoms with E-state index in [1.54, 1.807) is 23.9 Å². The number of rotatable bonds is 9. The number of hydrogen-bond acceptors (Lipinski definition) is 6. The van der Waals surface area contributed by atoms with Crippen molar-refractivity contribution in [3.8, 4) is 0 Å². The first-order valence-corrected chi connectivity index (χ1v) is 12.7. The molecule has 3 N–H and O–H groups in total. The van der Waals surface area contributed by atoms with Crippen LogP contribution in [0.4, 0.5) is 0 Å². The highest BCUT2D eigenvalue weighted by Gasteiger charge is 2.44. The lowest BCUT2D eigenvalue weighted by Gasteiger charge is -2.39. The lowest BCUT2D eigenvalue weighted by Crippen LogP contribution is -2.60. The summed E-state index contributed by atoms with van der Waals surface area (Å²) in [5, 5.41) is 16.6. The van der Waals surface area contributed by atoms with Gasteiger partial charge in [-0.05, 0) is 37.3 Å². The van der Waals surface area contributed by atoms with Crippen molar-refractivity contribution in [3.63, 3.8) is 0 Å². The summed E-state index contributed by atoms with van der Waals surface area (Å²) in [5.41, 5.74) is 2.83. The molecule has 1 saturated heterocycles. The van der Waals surface area contributed by atoms with Crippen LogP contribution in [-0.4, -0.2) is 63.6 Å². The molecule has 192 valence electrons. The third kappa shape index (κ3) is 8.26. The molecule has 2 rings (SSSR count). The number of thiazole rings is 1. The number of aliphatic hydroxyl groups excluding tert-OH is 1. The first kappa shape index (κ1) is 28.7. The van der Waals surface area contributed by atoms with Gasteiger partial charge in [0.1, 0.15) is 6.04 Å². The smallest absolute Gasteiger partial charge is 0.243 e. The Balaban J connectivity index is 2.15. The SMILES string of the molecule is C=C/C(=C\C=C(/C=C)c1cncs1)CNC(=O)[C@H]1C[C@H](O)CN1C(=O)[C@H](NC(C)(C)C)C(C)(C)C. The van der Waals surface area contributed by atoms with Crippen molar-refractivity contribution in [2.24, 2.45) is 5.41 Å². The number of nitrogens with zero attached hydrogens (tertiary/aromatic N) is 2. The van der Waals surface area contributed by atoms with Crippen molar-refractivity contribution in [1.29, 1.82) is 0 Å². The van der Waals surface area contributed by atoms with E-state index in [4.69, 9.17) is 0 Å². The molecule has 0 bridgehead atoms. The Hall–Kier alpha value is -2.55. The zero-order chi connectivity index (χ0) is 26.4. The Morgan fingerprint density at radius 1 is 1.23 bits per heavy atom. The fraction of sp³-hybridized carbons (Fsp3) is 0.519. The van der Waals surface area contributed by atoms with Crippen LogP contribution in [0.3, 0.4) is 0 Å². The molecular formula is C27H40N4O3S. The summed E-state index contributed by atoms with van der Waals surface area (Å²) >= 11 is 1.52. The van der Waals surface area contributed by atoms with Gasteiger partial charge in [-0.1, -0.05) is 58.2 Å². The number of amides is 2. The molecule has 35 heavy (non-hydrogen) atoms. The van der Waals surface area contributed by atoms with E-state index in [1.807, 2.05) is 53.7 Å². The summed E-state index contributed by atoms with van der Waals surface area (Å²) < 4.78 is 0. The van der Waals surface area contributed by atoms with Gasteiger partial charge in [-0.15, -0.1) is 11.3 Å². The van der Waals surface area contributed by atoms with Crippen LogP contribution in [0.5, 0.6) is 0 Å². The minimum absolute atomic E-state index is 0.139. The number of nitrogens with one attached hydrogen (secondary N) is 2. The van der Waals surface area contributed by atoms with Crippen LogP contribution in [0, 0.1) is 5.41 Å². The summed E-state index contributed by atoms with van der Waals surface area (Å²) in [5.74, 6) is -0.465. The number of likely N-dealkylation sites (tertiary alicyclic amines) is 1. The van der Waals surface area contributed by atoms with Crippen molar-refractivity contribution in [3.05, 3.63) is 59.6 Å². The predicted octanol–water partition coefficient (Wildman–Crippen LogP) is 3.71. The minimum atomic E-state index is -0.739. The summed E-state index contributed by atoms with van der Waals surface area (Å²) in [6.45, 7) is 20.1. The average Bonchev–Trinajstić information content (AvgIpc) is 3.42. The molecule has 0 radical (unpaired) electrons. The first-order valence-electron chi connectivity index (χ1n) is 11.9. The van der Waals surface area contributed by atoms with E-state index in [9.17, 15) is 14.7 Å². The molecule has 1 aromatic heterocycles. The second-order valence-electron chi connectivity index (χ2n) is 10.9. The van der Waals surface area contributed by atoms with E-state index >= 15 is 0 Å². The second-order valence-corrected chi connectivity index (χ2v) is 11.8. The molecule has 1 aromatic rings. The van der Waals surface area contributed by atoms with Gasteiger partial charge in [-0.2, -0.15) is 0 Å². The molecule has 0 aromatic carbocycles.